The van der Waals surface area contributed by atoms with Gasteiger partial charge in [-0.05, 0) is 24.3 Å². The molecule has 0 bridgehead atoms. The molecular weight excluding hydrogens is 456 g/mol. The van der Waals surface area contributed by atoms with Crippen LogP contribution in [0.2, 0.25) is 15.1 Å². The molecule has 2 heterocycles. The summed E-state index contributed by atoms with van der Waals surface area (Å²) in [7, 11) is 0. The lowest BCUT2D eigenvalue weighted by Gasteiger charge is -2.11. The van der Waals surface area contributed by atoms with E-state index in [1.54, 1.807) is 0 Å². The van der Waals surface area contributed by atoms with Crippen LogP contribution in [0, 0.1) is 17.1 Å². The SMILES string of the molecule is N#Cc1cc(Cl)cc(Oc2c(Cl)ccc(Cc3nnc(-c4[nH]ncc4Cl)o3)c2F)c1. The molecule has 0 saturated carbocycles. The number of benzene rings is 2. The molecule has 150 valence electrons. The number of ether oxygens (including phenoxy) is 1. The standard InChI is InChI=1S/C19H9Cl3FN5O2/c20-11-3-9(7-24)4-12(6-11)29-18-13(21)2-1-10(16(18)23)5-15-26-28-19(30-15)17-14(22)8-25-27-17/h1-4,6,8H,5H2,(H,25,27). The van der Waals surface area contributed by atoms with Crippen LogP contribution in [-0.4, -0.2) is 20.4 Å². The summed E-state index contributed by atoms with van der Waals surface area (Å²) in [5.74, 6) is -0.471. The fourth-order valence-electron chi connectivity index (χ4n) is 2.62. The lowest BCUT2D eigenvalue weighted by Crippen LogP contribution is -1.98. The van der Waals surface area contributed by atoms with Crippen molar-refractivity contribution in [2.75, 3.05) is 0 Å². The molecule has 2 aromatic heterocycles. The summed E-state index contributed by atoms with van der Waals surface area (Å²) < 4.78 is 26.2. The van der Waals surface area contributed by atoms with E-state index >= 15 is 4.39 Å². The van der Waals surface area contributed by atoms with Gasteiger partial charge in [0.15, 0.2) is 11.6 Å². The summed E-state index contributed by atoms with van der Waals surface area (Å²) >= 11 is 18.1. The number of halogens is 4. The number of aromatic nitrogens is 4. The molecule has 0 aliphatic rings. The van der Waals surface area contributed by atoms with Gasteiger partial charge in [0.25, 0.3) is 5.89 Å². The lowest BCUT2D eigenvalue weighted by molar-refractivity contribution is 0.437. The van der Waals surface area contributed by atoms with Gasteiger partial charge in [-0.1, -0.05) is 40.9 Å². The van der Waals surface area contributed by atoms with Crippen LogP contribution >= 0.6 is 34.8 Å². The molecule has 1 N–H and O–H groups in total. The molecule has 4 rings (SSSR count). The summed E-state index contributed by atoms with van der Waals surface area (Å²) in [6, 6.07) is 9.24. The zero-order valence-corrected chi connectivity index (χ0v) is 17.1. The van der Waals surface area contributed by atoms with Crippen LogP contribution in [0.3, 0.4) is 0 Å². The van der Waals surface area contributed by atoms with Crippen molar-refractivity contribution < 1.29 is 13.5 Å². The highest BCUT2D eigenvalue weighted by atomic mass is 35.5. The molecule has 0 saturated heterocycles. The molecule has 0 aliphatic heterocycles. The predicted octanol–water partition coefficient (Wildman–Crippen LogP) is 5.81. The third-order valence-electron chi connectivity index (χ3n) is 3.96. The van der Waals surface area contributed by atoms with Gasteiger partial charge in [0.2, 0.25) is 5.89 Å². The van der Waals surface area contributed by atoms with E-state index in [4.69, 9.17) is 49.2 Å². The predicted molar refractivity (Wildman–Crippen MR) is 107 cm³/mol. The average molecular weight is 465 g/mol. The number of nitrogens with one attached hydrogen (secondary N) is 1. The van der Waals surface area contributed by atoms with E-state index in [0.717, 1.165) is 0 Å². The van der Waals surface area contributed by atoms with E-state index in [1.165, 1.54) is 36.5 Å². The van der Waals surface area contributed by atoms with Crippen molar-refractivity contribution in [2.45, 2.75) is 6.42 Å². The maximum absolute atomic E-state index is 15.1. The topological polar surface area (TPSA) is 101 Å². The van der Waals surface area contributed by atoms with Gasteiger partial charge in [-0.3, -0.25) is 5.10 Å². The third kappa shape index (κ3) is 4.09. The van der Waals surface area contributed by atoms with Gasteiger partial charge >= 0.3 is 0 Å². The Morgan fingerprint density at radius 2 is 1.97 bits per heavy atom. The van der Waals surface area contributed by atoms with Gasteiger partial charge in [0.05, 0.1) is 34.3 Å². The van der Waals surface area contributed by atoms with Gasteiger partial charge in [0, 0.05) is 10.6 Å². The van der Waals surface area contributed by atoms with E-state index in [1.807, 2.05) is 6.07 Å². The second-order valence-corrected chi connectivity index (χ2v) is 7.26. The molecule has 11 heteroatoms. The van der Waals surface area contributed by atoms with Gasteiger partial charge in [-0.2, -0.15) is 10.4 Å². The Kier molecular flexibility index (Phi) is 5.59. The van der Waals surface area contributed by atoms with Gasteiger partial charge in [-0.15, -0.1) is 10.2 Å². The molecule has 0 radical (unpaired) electrons. The zero-order valence-electron chi connectivity index (χ0n) is 14.8. The highest BCUT2D eigenvalue weighted by Gasteiger charge is 2.19. The smallest absolute Gasteiger partial charge is 0.267 e. The number of hydrogen-bond donors (Lipinski definition) is 1. The van der Waals surface area contributed by atoms with Crippen LogP contribution in [0.25, 0.3) is 11.6 Å². The van der Waals surface area contributed by atoms with Crippen LogP contribution in [-0.2, 0) is 6.42 Å². The lowest BCUT2D eigenvalue weighted by atomic mass is 10.1. The summed E-state index contributed by atoms with van der Waals surface area (Å²) in [4.78, 5) is 0. The third-order valence-corrected chi connectivity index (χ3v) is 4.77. The van der Waals surface area contributed by atoms with Crippen molar-refractivity contribution in [1.29, 1.82) is 5.26 Å². The van der Waals surface area contributed by atoms with Gasteiger partial charge < -0.3 is 9.15 Å². The Morgan fingerprint density at radius 3 is 2.70 bits per heavy atom. The highest BCUT2D eigenvalue weighted by molar-refractivity contribution is 6.33. The van der Waals surface area contributed by atoms with Crippen LogP contribution in [0.4, 0.5) is 4.39 Å². The Balaban J connectivity index is 1.62. The number of aromatic amines is 1. The Morgan fingerprint density at radius 1 is 1.13 bits per heavy atom. The summed E-state index contributed by atoms with van der Waals surface area (Å²) in [5, 5.41) is 23.9. The summed E-state index contributed by atoms with van der Waals surface area (Å²) in [6.07, 6.45) is 1.38. The van der Waals surface area contributed by atoms with Crippen LogP contribution in [0.15, 0.2) is 40.9 Å². The Bertz CT molecular complexity index is 1280. The van der Waals surface area contributed by atoms with Crippen molar-refractivity contribution in [3.63, 3.8) is 0 Å². The normalized spacial score (nSPS) is 10.8. The first-order valence-electron chi connectivity index (χ1n) is 8.31. The second-order valence-electron chi connectivity index (χ2n) is 6.01. The van der Waals surface area contributed by atoms with E-state index in [2.05, 4.69) is 20.4 Å². The summed E-state index contributed by atoms with van der Waals surface area (Å²) in [6.45, 7) is 0. The molecule has 0 unspecified atom stereocenters. The second kappa shape index (κ2) is 8.32. The molecule has 0 fully saturated rings. The maximum atomic E-state index is 15.1. The number of nitrogens with zero attached hydrogens (tertiary/aromatic N) is 4. The minimum Gasteiger partial charge on any atom is -0.453 e. The minimum absolute atomic E-state index is 0.0168. The first-order chi connectivity index (χ1) is 14.4. The minimum atomic E-state index is -0.708. The monoisotopic (exact) mass is 463 g/mol. The number of rotatable bonds is 5. The van der Waals surface area contributed by atoms with Crippen LogP contribution in [0.1, 0.15) is 17.0 Å². The Labute approximate surface area is 184 Å². The van der Waals surface area contributed by atoms with Crippen molar-refractivity contribution in [2.24, 2.45) is 0 Å². The fourth-order valence-corrected chi connectivity index (χ4v) is 3.20. The van der Waals surface area contributed by atoms with Crippen molar-refractivity contribution >= 4 is 34.8 Å². The molecule has 4 aromatic rings. The van der Waals surface area contributed by atoms with E-state index in [9.17, 15) is 0 Å². The average Bonchev–Trinajstić information content (AvgIpc) is 3.35. The van der Waals surface area contributed by atoms with Gasteiger partial charge in [0.1, 0.15) is 11.4 Å². The van der Waals surface area contributed by atoms with E-state index in [-0.39, 0.29) is 50.9 Å². The maximum Gasteiger partial charge on any atom is 0.267 e. The number of hydrogen-bond acceptors (Lipinski definition) is 6. The number of nitriles is 1. The van der Waals surface area contributed by atoms with E-state index < -0.39 is 5.82 Å². The number of H-pyrrole nitrogens is 1. The largest absolute Gasteiger partial charge is 0.453 e. The van der Waals surface area contributed by atoms with E-state index in [0.29, 0.717) is 10.7 Å². The zero-order chi connectivity index (χ0) is 21.3. The molecule has 7 nitrogen and oxygen atoms in total. The highest BCUT2D eigenvalue weighted by Crippen LogP contribution is 2.36. The summed E-state index contributed by atoms with van der Waals surface area (Å²) in [5.41, 5.74) is 0.842. The molecule has 0 amide bonds. The Hall–Kier alpha value is -3.12. The molecule has 2 aromatic carbocycles. The molecular formula is C19H9Cl3FN5O2. The fraction of sp³-hybridized carbons (Fsp3) is 0.0526. The van der Waals surface area contributed by atoms with Crippen molar-refractivity contribution in [3.8, 4) is 29.2 Å². The molecule has 0 aliphatic carbocycles. The van der Waals surface area contributed by atoms with Crippen LogP contribution in [0.5, 0.6) is 11.5 Å². The van der Waals surface area contributed by atoms with Gasteiger partial charge in [-0.25, -0.2) is 4.39 Å². The van der Waals surface area contributed by atoms with Crippen LogP contribution < -0.4 is 4.74 Å². The molecule has 0 spiro atoms. The quantitative estimate of drug-likeness (QED) is 0.400. The molecule has 30 heavy (non-hydrogen) atoms. The first kappa shape index (κ1) is 20.2. The van der Waals surface area contributed by atoms with Crippen molar-refractivity contribution in [3.05, 3.63) is 74.4 Å². The molecule has 0 atom stereocenters. The van der Waals surface area contributed by atoms with Crippen molar-refractivity contribution in [1.82, 2.24) is 20.4 Å². The first-order valence-corrected chi connectivity index (χ1v) is 9.45.